The molecule has 1 aromatic rings. The first kappa shape index (κ1) is 18.5. The topological polar surface area (TPSA) is 20.2 Å². The smallest absolute Gasteiger partial charge is 0.128 e. The van der Waals surface area contributed by atoms with Crippen LogP contribution >= 0.6 is 0 Å². The number of aliphatic hydroxyl groups is 1. The molecule has 1 fully saturated rings. The van der Waals surface area contributed by atoms with Crippen LogP contribution in [0.2, 0.25) is 0 Å². The largest absolute Gasteiger partial charge is 1.00 e. The molecule has 1 aliphatic rings. The van der Waals surface area contributed by atoms with Gasteiger partial charge in [-0.25, -0.2) is 0 Å². The number of hydrogen-bond acceptors (Lipinski definition) is 1. The highest BCUT2D eigenvalue weighted by molar-refractivity contribution is 5.35. The maximum absolute atomic E-state index is 10.4. The molecule has 1 saturated heterocycles. The second-order valence-corrected chi connectivity index (χ2v) is 6.49. The lowest BCUT2D eigenvalue weighted by Crippen LogP contribution is -3.00. The molecule has 1 aromatic carbocycles. The number of rotatable bonds is 3. The monoisotopic (exact) mass is 399 g/mol. The first-order chi connectivity index (χ1) is 9.49. The van der Waals surface area contributed by atoms with Crippen LogP contribution in [0.5, 0.6) is 0 Å². The predicted molar refractivity (Wildman–Crippen MR) is 83.2 cm³/mol. The summed E-state index contributed by atoms with van der Waals surface area (Å²) in [5, 5.41) is 10.4. The van der Waals surface area contributed by atoms with E-state index in [0.717, 1.165) is 23.0 Å². The van der Waals surface area contributed by atoms with Gasteiger partial charge in [0.1, 0.15) is 5.60 Å². The SMILES string of the molecule is CC(O)(C#Cc1ccccc1)CC[N+]1(C)CCCCC1.[I-]. The molecule has 2 rings (SSSR count). The summed E-state index contributed by atoms with van der Waals surface area (Å²) in [5.74, 6) is 6.11. The van der Waals surface area contributed by atoms with E-state index in [2.05, 4.69) is 18.9 Å². The van der Waals surface area contributed by atoms with Gasteiger partial charge in [0.2, 0.25) is 0 Å². The van der Waals surface area contributed by atoms with Crippen molar-refractivity contribution < 1.29 is 33.6 Å². The van der Waals surface area contributed by atoms with Crippen molar-refractivity contribution in [2.45, 2.75) is 38.2 Å². The normalized spacial score (nSPS) is 19.6. The van der Waals surface area contributed by atoms with E-state index in [4.69, 9.17) is 0 Å². The fraction of sp³-hybridized carbons (Fsp3) is 0.556. The molecule has 2 nitrogen and oxygen atoms in total. The molecular weight excluding hydrogens is 373 g/mol. The summed E-state index contributed by atoms with van der Waals surface area (Å²) < 4.78 is 1.09. The van der Waals surface area contributed by atoms with Crippen molar-refractivity contribution in [1.82, 2.24) is 0 Å². The minimum absolute atomic E-state index is 0. The Kier molecular flexibility index (Phi) is 7.19. The molecule has 1 aliphatic heterocycles. The van der Waals surface area contributed by atoms with E-state index in [9.17, 15) is 5.11 Å². The van der Waals surface area contributed by atoms with Crippen LogP contribution in [0.4, 0.5) is 0 Å². The van der Waals surface area contributed by atoms with Crippen molar-refractivity contribution >= 4 is 0 Å². The molecule has 0 saturated carbocycles. The van der Waals surface area contributed by atoms with Crippen molar-refractivity contribution in [3.8, 4) is 11.8 Å². The zero-order valence-corrected chi connectivity index (χ0v) is 15.3. The summed E-state index contributed by atoms with van der Waals surface area (Å²) in [5.41, 5.74) is 0.0697. The molecule has 0 radical (unpaired) electrons. The zero-order chi connectivity index (χ0) is 14.5. The highest BCUT2D eigenvalue weighted by atomic mass is 127. The van der Waals surface area contributed by atoms with Crippen LogP contribution in [0.1, 0.15) is 38.2 Å². The zero-order valence-electron chi connectivity index (χ0n) is 13.1. The quantitative estimate of drug-likeness (QED) is 0.425. The highest BCUT2D eigenvalue weighted by Gasteiger charge is 2.28. The van der Waals surface area contributed by atoms with Gasteiger partial charge in [-0.3, -0.25) is 0 Å². The fourth-order valence-corrected chi connectivity index (χ4v) is 2.78. The van der Waals surface area contributed by atoms with Crippen LogP contribution in [-0.4, -0.2) is 41.9 Å². The van der Waals surface area contributed by atoms with Gasteiger partial charge < -0.3 is 33.6 Å². The molecule has 0 aromatic heterocycles. The van der Waals surface area contributed by atoms with Crippen molar-refractivity contribution in [2.75, 3.05) is 26.7 Å². The van der Waals surface area contributed by atoms with Gasteiger partial charge in [0.15, 0.2) is 0 Å². The molecule has 0 aliphatic carbocycles. The van der Waals surface area contributed by atoms with Crippen LogP contribution in [0.25, 0.3) is 0 Å². The fourth-order valence-electron chi connectivity index (χ4n) is 2.78. The molecule has 0 spiro atoms. The third kappa shape index (κ3) is 6.37. The number of benzene rings is 1. The molecule has 1 heterocycles. The summed E-state index contributed by atoms with van der Waals surface area (Å²) in [7, 11) is 2.31. The van der Waals surface area contributed by atoms with Gasteiger partial charge in [0.25, 0.3) is 0 Å². The van der Waals surface area contributed by atoms with E-state index in [1.807, 2.05) is 37.3 Å². The number of quaternary nitrogens is 1. The van der Waals surface area contributed by atoms with Gasteiger partial charge in [-0.05, 0) is 38.3 Å². The lowest BCUT2D eigenvalue weighted by Gasteiger charge is -2.39. The van der Waals surface area contributed by atoms with Crippen molar-refractivity contribution in [1.29, 1.82) is 0 Å². The number of nitrogens with zero attached hydrogens (tertiary/aromatic N) is 1. The van der Waals surface area contributed by atoms with Crippen molar-refractivity contribution in [2.24, 2.45) is 0 Å². The van der Waals surface area contributed by atoms with Gasteiger partial charge in [0, 0.05) is 12.0 Å². The Labute approximate surface area is 146 Å². The van der Waals surface area contributed by atoms with Gasteiger partial charge in [-0.1, -0.05) is 30.0 Å². The van der Waals surface area contributed by atoms with Gasteiger partial charge in [-0.15, -0.1) is 0 Å². The summed E-state index contributed by atoms with van der Waals surface area (Å²) in [4.78, 5) is 0. The number of hydrogen-bond donors (Lipinski definition) is 1. The Bertz CT molecular complexity index is 481. The molecule has 1 unspecified atom stereocenters. The second kappa shape index (κ2) is 8.17. The molecule has 116 valence electrons. The molecule has 3 heteroatoms. The van der Waals surface area contributed by atoms with Gasteiger partial charge in [-0.2, -0.15) is 0 Å². The minimum atomic E-state index is -0.894. The first-order valence-electron chi connectivity index (χ1n) is 7.63. The Morgan fingerprint density at radius 1 is 1.14 bits per heavy atom. The third-order valence-electron chi connectivity index (χ3n) is 4.28. The maximum Gasteiger partial charge on any atom is 0.128 e. The third-order valence-corrected chi connectivity index (χ3v) is 4.28. The Morgan fingerprint density at radius 2 is 1.76 bits per heavy atom. The molecule has 0 amide bonds. The van der Waals surface area contributed by atoms with E-state index in [1.54, 1.807) is 0 Å². The molecular formula is C18H26INO. The summed E-state index contributed by atoms with van der Waals surface area (Å²) in [6.45, 7) is 5.32. The lowest BCUT2D eigenvalue weighted by molar-refractivity contribution is -0.914. The lowest BCUT2D eigenvalue weighted by atomic mass is 10.00. The van der Waals surface area contributed by atoms with Crippen molar-refractivity contribution in [3.63, 3.8) is 0 Å². The van der Waals surface area contributed by atoms with Gasteiger partial charge in [0.05, 0.1) is 26.7 Å². The van der Waals surface area contributed by atoms with Crippen LogP contribution in [0.15, 0.2) is 30.3 Å². The second-order valence-electron chi connectivity index (χ2n) is 6.49. The summed E-state index contributed by atoms with van der Waals surface area (Å²) in [6.07, 6.45) is 4.73. The van der Waals surface area contributed by atoms with Crippen molar-refractivity contribution in [3.05, 3.63) is 35.9 Å². The molecule has 21 heavy (non-hydrogen) atoms. The molecule has 0 bridgehead atoms. The predicted octanol–water partition coefficient (Wildman–Crippen LogP) is -0.186. The first-order valence-corrected chi connectivity index (χ1v) is 7.63. The van der Waals surface area contributed by atoms with Crippen LogP contribution in [0.3, 0.4) is 0 Å². The number of piperidine rings is 1. The molecule has 1 atom stereocenters. The van der Waals surface area contributed by atoms with Crippen LogP contribution in [0, 0.1) is 11.8 Å². The van der Waals surface area contributed by atoms with Crippen LogP contribution in [-0.2, 0) is 0 Å². The number of halogens is 1. The standard InChI is InChI=1S/C18H26NO.HI/c1-18(20,12-11-17-9-5-3-6-10-17)13-16-19(2)14-7-4-8-15-19;/h3,5-6,9-10,20H,4,7-8,13-16H2,1-2H3;1H/q+1;/p-1. The minimum Gasteiger partial charge on any atom is -1.00 e. The maximum atomic E-state index is 10.4. The highest BCUT2D eigenvalue weighted by Crippen LogP contribution is 2.19. The average Bonchev–Trinajstić information content (AvgIpc) is 2.46. The Balaban J connectivity index is 0.00000220. The number of likely N-dealkylation sites (tertiary alicyclic amines) is 1. The Morgan fingerprint density at radius 3 is 2.38 bits per heavy atom. The van der Waals surface area contributed by atoms with E-state index >= 15 is 0 Å². The summed E-state index contributed by atoms with van der Waals surface area (Å²) >= 11 is 0. The van der Waals surface area contributed by atoms with E-state index in [1.165, 1.54) is 32.4 Å². The molecule has 1 N–H and O–H groups in total. The van der Waals surface area contributed by atoms with E-state index in [-0.39, 0.29) is 24.0 Å². The van der Waals surface area contributed by atoms with Crippen LogP contribution < -0.4 is 24.0 Å². The summed E-state index contributed by atoms with van der Waals surface area (Å²) in [6, 6.07) is 9.87. The Hall–Kier alpha value is -0.570. The van der Waals surface area contributed by atoms with Gasteiger partial charge >= 0.3 is 0 Å². The van der Waals surface area contributed by atoms with E-state index in [0.29, 0.717) is 0 Å². The average molecular weight is 399 g/mol. The van der Waals surface area contributed by atoms with E-state index < -0.39 is 5.60 Å².